The van der Waals surface area contributed by atoms with Crippen LogP contribution in [-0.2, 0) is 0 Å². The largest absolute Gasteiger partial charge is 0.519 e. The van der Waals surface area contributed by atoms with Crippen molar-refractivity contribution < 1.29 is 28.5 Å². The third-order valence-corrected chi connectivity index (χ3v) is 11.3. The van der Waals surface area contributed by atoms with Crippen molar-refractivity contribution in [1.82, 2.24) is 0 Å². The van der Waals surface area contributed by atoms with Crippen molar-refractivity contribution in [2.75, 3.05) is 0 Å². The SMILES string of the molecule is O=C(Oc1ccc2ccccc2c1)Oc1c2ccccc2c(-c2c3ccccc3c(OC(=O)Oc3ccc4ccccc4c3)c3ccc(Br)cc23)c2cc(Br)ccc12. The van der Waals surface area contributed by atoms with Crippen LogP contribution in [0.15, 0.2) is 179 Å². The van der Waals surface area contributed by atoms with Crippen molar-refractivity contribution >= 4 is 109 Å². The summed E-state index contributed by atoms with van der Waals surface area (Å²) < 4.78 is 25.5. The van der Waals surface area contributed by atoms with Gasteiger partial charge in [-0.3, -0.25) is 0 Å². The zero-order chi connectivity index (χ0) is 39.3. The molecule has 0 aliphatic carbocycles. The maximum absolute atomic E-state index is 13.6. The van der Waals surface area contributed by atoms with E-state index < -0.39 is 12.3 Å². The Morgan fingerprint density at radius 1 is 0.328 bits per heavy atom. The minimum absolute atomic E-state index is 0.374. The zero-order valence-corrected chi connectivity index (χ0v) is 33.5. The molecule has 278 valence electrons. The fourth-order valence-corrected chi connectivity index (χ4v) is 8.56. The molecule has 0 heterocycles. The summed E-state index contributed by atoms with van der Waals surface area (Å²) in [4.78, 5) is 27.2. The number of carbonyl (C=O) groups excluding carboxylic acids is 2. The number of fused-ring (bicyclic) bond motifs is 6. The van der Waals surface area contributed by atoms with Crippen LogP contribution in [0.3, 0.4) is 0 Å². The fraction of sp³-hybridized carbons (Fsp3) is 0. The quantitative estimate of drug-likeness (QED) is 0.0974. The molecule has 0 fully saturated rings. The van der Waals surface area contributed by atoms with Crippen LogP contribution >= 0.6 is 31.9 Å². The Morgan fingerprint density at radius 2 is 0.690 bits per heavy atom. The molecule has 0 aromatic heterocycles. The number of hydrogen-bond acceptors (Lipinski definition) is 6. The van der Waals surface area contributed by atoms with Crippen LogP contribution in [0.5, 0.6) is 23.0 Å². The van der Waals surface area contributed by atoms with E-state index in [1.54, 1.807) is 12.1 Å². The van der Waals surface area contributed by atoms with Gasteiger partial charge in [-0.2, -0.15) is 0 Å². The molecule has 0 spiro atoms. The highest BCUT2D eigenvalue weighted by Crippen LogP contribution is 2.51. The van der Waals surface area contributed by atoms with Gasteiger partial charge in [-0.1, -0.05) is 141 Å². The standard InChI is InChI=1S/C50H28Br2O6/c51-33-19-23-41-43(27-33)45(37-13-5-7-15-39(37)47(41)57-49(53)55-35-21-17-29-9-1-3-11-31(29)25-35)46-38-14-6-8-16-40(38)48(42-24-20-34(52)28-44(42)46)58-50(54)56-36-22-18-30-10-2-4-12-32(30)26-36/h1-28H. The molecule has 0 atom stereocenters. The van der Waals surface area contributed by atoms with E-state index in [2.05, 4.69) is 31.9 Å². The predicted octanol–water partition coefficient (Wildman–Crippen LogP) is 15.0. The second kappa shape index (κ2) is 14.6. The average Bonchev–Trinajstić information content (AvgIpc) is 3.24. The van der Waals surface area contributed by atoms with Crippen LogP contribution in [0.25, 0.3) is 75.8 Å². The molecule has 0 amide bonds. The third-order valence-electron chi connectivity index (χ3n) is 10.3. The number of benzene rings is 10. The molecule has 0 unspecified atom stereocenters. The van der Waals surface area contributed by atoms with Gasteiger partial charge in [0.05, 0.1) is 0 Å². The summed E-state index contributed by atoms with van der Waals surface area (Å²) in [5, 5.41) is 10.2. The van der Waals surface area contributed by atoms with Crippen molar-refractivity contribution in [1.29, 1.82) is 0 Å². The van der Waals surface area contributed by atoms with E-state index >= 15 is 0 Å². The minimum atomic E-state index is -0.852. The first kappa shape index (κ1) is 35.7. The lowest BCUT2D eigenvalue weighted by molar-refractivity contribution is 0.152. The zero-order valence-electron chi connectivity index (χ0n) is 30.4. The molecular weight excluding hydrogens is 856 g/mol. The van der Waals surface area contributed by atoms with Gasteiger partial charge in [0, 0.05) is 30.5 Å². The van der Waals surface area contributed by atoms with Gasteiger partial charge in [0.1, 0.15) is 23.0 Å². The first-order valence-corrected chi connectivity index (χ1v) is 20.0. The van der Waals surface area contributed by atoms with Crippen LogP contribution in [-0.4, -0.2) is 12.3 Å². The summed E-state index contributed by atoms with van der Waals surface area (Å²) in [6.45, 7) is 0. The normalized spacial score (nSPS) is 11.4. The Labute approximate surface area is 348 Å². The van der Waals surface area contributed by atoms with E-state index in [0.717, 1.165) is 63.2 Å². The first-order chi connectivity index (χ1) is 28.4. The van der Waals surface area contributed by atoms with E-state index in [9.17, 15) is 9.59 Å². The first-order valence-electron chi connectivity index (χ1n) is 18.4. The minimum Gasteiger partial charge on any atom is -0.395 e. The number of ether oxygens (including phenoxy) is 4. The second-order valence-corrected chi connectivity index (χ2v) is 15.6. The molecule has 0 saturated heterocycles. The lowest BCUT2D eigenvalue weighted by Gasteiger charge is -2.21. The molecule has 10 aromatic carbocycles. The molecular formula is C50H28Br2O6. The van der Waals surface area contributed by atoms with Crippen molar-refractivity contribution in [3.05, 3.63) is 179 Å². The monoisotopic (exact) mass is 882 g/mol. The molecule has 0 bridgehead atoms. The Kier molecular flexibility index (Phi) is 9.00. The number of hydrogen-bond donors (Lipinski definition) is 0. The van der Waals surface area contributed by atoms with Gasteiger partial charge in [-0.25, -0.2) is 9.59 Å². The Balaban J connectivity index is 1.13. The van der Waals surface area contributed by atoms with E-state index in [1.807, 2.05) is 158 Å². The highest BCUT2D eigenvalue weighted by molar-refractivity contribution is 9.10. The number of halogens is 2. The molecule has 0 aliphatic heterocycles. The summed E-state index contributed by atoms with van der Waals surface area (Å²) in [5.74, 6) is 1.50. The van der Waals surface area contributed by atoms with Gasteiger partial charge in [0.25, 0.3) is 0 Å². The van der Waals surface area contributed by atoms with Crippen molar-refractivity contribution in [2.24, 2.45) is 0 Å². The van der Waals surface area contributed by atoms with Gasteiger partial charge in [0.2, 0.25) is 0 Å². The van der Waals surface area contributed by atoms with E-state index in [4.69, 9.17) is 18.9 Å². The molecule has 8 heteroatoms. The predicted molar refractivity (Wildman–Crippen MR) is 239 cm³/mol. The summed E-state index contributed by atoms with van der Waals surface area (Å²) in [5.41, 5.74) is 1.82. The van der Waals surface area contributed by atoms with Gasteiger partial charge in [-0.15, -0.1) is 0 Å². The van der Waals surface area contributed by atoms with E-state index in [0.29, 0.717) is 44.5 Å². The van der Waals surface area contributed by atoms with Crippen molar-refractivity contribution in [3.8, 4) is 34.1 Å². The third kappa shape index (κ3) is 6.46. The van der Waals surface area contributed by atoms with Crippen LogP contribution < -0.4 is 18.9 Å². The summed E-state index contributed by atoms with van der Waals surface area (Å²) >= 11 is 7.44. The summed E-state index contributed by atoms with van der Waals surface area (Å²) in [7, 11) is 0. The Morgan fingerprint density at radius 3 is 1.12 bits per heavy atom. The van der Waals surface area contributed by atoms with Gasteiger partial charge >= 0.3 is 12.3 Å². The topological polar surface area (TPSA) is 71.1 Å². The summed E-state index contributed by atoms with van der Waals surface area (Å²) in [6, 6.07) is 54.2. The second-order valence-electron chi connectivity index (χ2n) is 13.8. The molecule has 0 N–H and O–H groups in total. The molecule has 10 aromatic rings. The molecule has 58 heavy (non-hydrogen) atoms. The highest BCUT2D eigenvalue weighted by atomic mass is 79.9. The van der Waals surface area contributed by atoms with Gasteiger partial charge < -0.3 is 18.9 Å². The van der Waals surface area contributed by atoms with Gasteiger partial charge in [-0.05, 0) is 115 Å². The van der Waals surface area contributed by atoms with E-state index in [-0.39, 0.29) is 0 Å². The molecule has 10 rings (SSSR count). The Hall–Kier alpha value is -6.74. The maximum Gasteiger partial charge on any atom is 0.519 e. The number of rotatable bonds is 5. The van der Waals surface area contributed by atoms with Crippen LogP contribution in [0.1, 0.15) is 0 Å². The fourth-order valence-electron chi connectivity index (χ4n) is 7.84. The number of carbonyl (C=O) groups is 2. The maximum atomic E-state index is 13.6. The molecule has 6 nitrogen and oxygen atoms in total. The lowest BCUT2D eigenvalue weighted by atomic mass is 9.85. The van der Waals surface area contributed by atoms with Crippen molar-refractivity contribution in [2.45, 2.75) is 0 Å². The molecule has 0 aliphatic rings. The average molecular weight is 885 g/mol. The molecule has 0 radical (unpaired) electrons. The van der Waals surface area contributed by atoms with Gasteiger partial charge in [0.15, 0.2) is 0 Å². The Bertz CT molecular complexity index is 3100. The van der Waals surface area contributed by atoms with Crippen LogP contribution in [0.2, 0.25) is 0 Å². The van der Waals surface area contributed by atoms with Crippen LogP contribution in [0, 0.1) is 0 Å². The lowest BCUT2D eigenvalue weighted by Crippen LogP contribution is -2.14. The smallest absolute Gasteiger partial charge is 0.395 e. The van der Waals surface area contributed by atoms with Crippen LogP contribution in [0.4, 0.5) is 9.59 Å². The summed E-state index contributed by atoms with van der Waals surface area (Å²) in [6.07, 6.45) is -1.70. The molecule has 0 saturated carbocycles. The highest BCUT2D eigenvalue weighted by Gasteiger charge is 2.25. The van der Waals surface area contributed by atoms with Crippen molar-refractivity contribution in [3.63, 3.8) is 0 Å². The van der Waals surface area contributed by atoms with E-state index in [1.165, 1.54) is 0 Å².